The molecule has 0 saturated carbocycles. The van der Waals surface area contributed by atoms with E-state index >= 15 is 0 Å². The second kappa shape index (κ2) is 5.74. The van der Waals surface area contributed by atoms with Crippen LogP contribution in [0.1, 0.15) is 25.8 Å². The van der Waals surface area contributed by atoms with Gasteiger partial charge < -0.3 is 5.32 Å². The largest absolute Gasteiger partial charge is 0.359 e. The Morgan fingerprint density at radius 2 is 2.22 bits per heavy atom. The van der Waals surface area contributed by atoms with Crippen LogP contribution in [0.2, 0.25) is 0 Å². The highest BCUT2D eigenvalue weighted by molar-refractivity contribution is 8.14. The first-order valence-electron chi connectivity index (χ1n) is 6.32. The van der Waals surface area contributed by atoms with E-state index in [0.717, 1.165) is 22.9 Å². The van der Waals surface area contributed by atoms with Crippen LogP contribution in [0.4, 0.5) is 4.39 Å². The van der Waals surface area contributed by atoms with E-state index in [2.05, 4.69) is 24.2 Å². The maximum absolute atomic E-state index is 13.4. The molecule has 1 aromatic carbocycles. The lowest BCUT2D eigenvalue weighted by Crippen LogP contribution is -2.39. The van der Waals surface area contributed by atoms with Crippen LogP contribution in [-0.4, -0.2) is 23.0 Å². The van der Waals surface area contributed by atoms with Crippen molar-refractivity contribution in [2.45, 2.75) is 32.2 Å². The zero-order chi connectivity index (χ0) is 13.0. The van der Waals surface area contributed by atoms with E-state index in [0.29, 0.717) is 13.0 Å². The molecule has 98 valence electrons. The summed E-state index contributed by atoms with van der Waals surface area (Å²) in [6.07, 6.45) is 1.74. The molecule has 0 amide bonds. The Hall–Kier alpha value is -1.03. The number of aliphatic imine (C=N–C) groups is 1. The molecule has 2 nitrogen and oxygen atoms in total. The van der Waals surface area contributed by atoms with Crippen LogP contribution in [0.3, 0.4) is 0 Å². The molecule has 0 spiro atoms. The zero-order valence-electron chi connectivity index (χ0n) is 10.9. The normalized spacial score (nSPS) is 25.4. The van der Waals surface area contributed by atoms with Crippen LogP contribution in [0.5, 0.6) is 0 Å². The number of thioether (sulfide) groups is 1. The number of hydrogen-bond donors (Lipinski definition) is 1. The first-order chi connectivity index (χ1) is 8.63. The van der Waals surface area contributed by atoms with Gasteiger partial charge in [-0.3, -0.25) is 4.99 Å². The van der Waals surface area contributed by atoms with E-state index in [4.69, 9.17) is 0 Å². The Morgan fingerprint density at radius 1 is 1.44 bits per heavy atom. The van der Waals surface area contributed by atoms with Crippen molar-refractivity contribution >= 4 is 16.9 Å². The monoisotopic (exact) mass is 266 g/mol. The lowest BCUT2D eigenvalue weighted by Gasteiger charge is -2.20. The van der Waals surface area contributed by atoms with Gasteiger partial charge in [0, 0.05) is 17.8 Å². The van der Waals surface area contributed by atoms with Crippen LogP contribution >= 0.6 is 11.8 Å². The summed E-state index contributed by atoms with van der Waals surface area (Å²) in [7, 11) is 0. The molecular formula is C14H19FN2S. The summed E-state index contributed by atoms with van der Waals surface area (Å²) in [6.45, 7) is 5.02. The molecule has 1 fully saturated rings. The van der Waals surface area contributed by atoms with Gasteiger partial charge in [-0.25, -0.2) is 4.39 Å². The Morgan fingerprint density at radius 3 is 2.89 bits per heavy atom. The van der Waals surface area contributed by atoms with Gasteiger partial charge in [0.2, 0.25) is 0 Å². The van der Waals surface area contributed by atoms with Gasteiger partial charge in [-0.05, 0) is 31.4 Å². The molecule has 1 aliphatic heterocycles. The Kier molecular flexibility index (Phi) is 4.27. The highest BCUT2D eigenvalue weighted by Gasteiger charge is 2.30. The number of amidine groups is 1. The average molecular weight is 266 g/mol. The third-order valence-corrected chi connectivity index (χ3v) is 4.60. The molecule has 0 radical (unpaired) electrons. The van der Waals surface area contributed by atoms with E-state index in [9.17, 15) is 4.39 Å². The molecule has 1 aliphatic rings. The minimum atomic E-state index is -0.136. The van der Waals surface area contributed by atoms with Crippen molar-refractivity contribution in [1.29, 1.82) is 0 Å². The summed E-state index contributed by atoms with van der Waals surface area (Å²) < 4.78 is 13.4. The molecule has 2 rings (SSSR count). The number of halogens is 1. The molecule has 1 unspecified atom stereocenters. The zero-order valence-corrected chi connectivity index (χ0v) is 11.7. The SMILES string of the molecule is CCC1(C)CSC(=NCCc2ccccc2F)N1. The molecule has 1 aromatic rings. The quantitative estimate of drug-likeness (QED) is 0.905. The van der Waals surface area contributed by atoms with Gasteiger partial charge in [-0.1, -0.05) is 36.9 Å². The smallest absolute Gasteiger partial charge is 0.157 e. The van der Waals surface area contributed by atoms with Gasteiger partial charge in [0.1, 0.15) is 5.82 Å². The third kappa shape index (κ3) is 3.25. The van der Waals surface area contributed by atoms with Gasteiger partial charge in [-0.2, -0.15) is 0 Å². The van der Waals surface area contributed by atoms with Crippen LogP contribution in [0.25, 0.3) is 0 Å². The minimum Gasteiger partial charge on any atom is -0.359 e. The lowest BCUT2D eigenvalue weighted by molar-refractivity contribution is 0.466. The van der Waals surface area contributed by atoms with Crippen LogP contribution in [0.15, 0.2) is 29.3 Å². The van der Waals surface area contributed by atoms with E-state index in [1.807, 2.05) is 12.1 Å². The lowest BCUT2D eigenvalue weighted by atomic mass is 10.0. The van der Waals surface area contributed by atoms with Crippen molar-refractivity contribution in [1.82, 2.24) is 5.32 Å². The Balaban J connectivity index is 1.88. The fraction of sp³-hybridized carbons (Fsp3) is 0.500. The Bertz CT molecular complexity index is 447. The molecular weight excluding hydrogens is 247 g/mol. The molecule has 18 heavy (non-hydrogen) atoms. The third-order valence-electron chi connectivity index (χ3n) is 3.31. The number of hydrogen-bond acceptors (Lipinski definition) is 2. The van der Waals surface area contributed by atoms with Crippen LogP contribution in [-0.2, 0) is 6.42 Å². The molecule has 0 aliphatic carbocycles. The molecule has 1 heterocycles. The Labute approximate surface area is 112 Å². The van der Waals surface area contributed by atoms with E-state index in [-0.39, 0.29) is 11.4 Å². The van der Waals surface area contributed by atoms with Gasteiger partial charge in [-0.15, -0.1) is 0 Å². The second-order valence-electron chi connectivity index (χ2n) is 4.86. The highest BCUT2D eigenvalue weighted by atomic mass is 32.2. The van der Waals surface area contributed by atoms with Crippen molar-refractivity contribution < 1.29 is 4.39 Å². The van der Waals surface area contributed by atoms with Gasteiger partial charge in [0.15, 0.2) is 5.17 Å². The van der Waals surface area contributed by atoms with Crippen LogP contribution < -0.4 is 5.32 Å². The average Bonchev–Trinajstić information content (AvgIpc) is 2.75. The molecule has 1 atom stereocenters. The fourth-order valence-corrected chi connectivity index (χ4v) is 3.05. The fourth-order valence-electron chi connectivity index (χ4n) is 1.81. The van der Waals surface area contributed by atoms with E-state index in [1.165, 1.54) is 6.07 Å². The van der Waals surface area contributed by atoms with Crippen molar-refractivity contribution in [3.63, 3.8) is 0 Å². The summed E-state index contributed by atoms with van der Waals surface area (Å²) >= 11 is 1.76. The first kappa shape index (κ1) is 13.4. The predicted octanol–water partition coefficient (Wildman–Crippen LogP) is 3.23. The van der Waals surface area contributed by atoms with Gasteiger partial charge in [0.25, 0.3) is 0 Å². The number of benzene rings is 1. The van der Waals surface area contributed by atoms with E-state index in [1.54, 1.807) is 17.8 Å². The van der Waals surface area contributed by atoms with Crippen LogP contribution in [0, 0.1) is 5.82 Å². The van der Waals surface area contributed by atoms with Crippen molar-refractivity contribution in [2.75, 3.05) is 12.3 Å². The molecule has 0 bridgehead atoms. The molecule has 0 aromatic heterocycles. The van der Waals surface area contributed by atoms with Crippen molar-refractivity contribution in [3.05, 3.63) is 35.6 Å². The minimum absolute atomic E-state index is 0.136. The van der Waals surface area contributed by atoms with Gasteiger partial charge in [0.05, 0.1) is 0 Å². The molecule has 1 N–H and O–H groups in total. The maximum atomic E-state index is 13.4. The van der Waals surface area contributed by atoms with E-state index < -0.39 is 0 Å². The van der Waals surface area contributed by atoms with Crippen molar-refractivity contribution in [3.8, 4) is 0 Å². The number of rotatable bonds is 4. The summed E-state index contributed by atoms with van der Waals surface area (Å²) in [6, 6.07) is 6.90. The predicted molar refractivity (Wildman–Crippen MR) is 76.7 cm³/mol. The summed E-state index contributed by atoms with van der Waals surface area (Å²) in [5.41, 5.74) is 0.907. The first-order valence-corrected chi connectivity index (χ1v) is 7.30. The molecule has 1 saturated heterocycles. The highest BCUT2D eigenvalue weighted by Crippen LogP contribution is 2.25. The standard InChI is InChI=1S/C14H19FN2S/c1-3-14(2)10-18-13(17-14)16-9-8-11-6-4-5-7-12(11)15/h4-7H,3,8-10H2,1-2H3,(H,16,17). The maximum Gasteiger partial charge on any atom is 0.157 e. The summed E-state index contributed by atoms with van der Waals surface area (Å²) in [5, 5.41) is 4.43. The number of nitrogens with zero attached hydrogens (tertiary/aromatic N) is 1. The topological polar surface area (TPSA) is 24.4 Å². The molecule has 4 heteroatoms. The number of nitrogens with one attached hydrogen (secondary N) is 1. The van der Waals surface area contributed by atoms with Gasteiger partial charge >= 0.3 is 0 Å². The summed E-state index contributed by atoms with van der Waals surface area (Å²) in [5.74, 6) is 0.922. The second-order valence-corrected chi connectivity index (χ2v) is 5.82. The summed E-state index contributed by atoms with van der Waals surface area (Å²) in [4.78, 5) is 4.50. The van der Waals surface area contributed by atoms with Crippen molar-refractivity contribution in [2.24, 2.45) is 4.99 Å².